The lowest BCUT2D eigenvalue weighted by molar-refractivity contribution is -0.158. The van der Waals surface area contributed by atoms with E-state index >= 15 is 0 Å². The minimum atomic E-state index is -1.09. The van der Waals surface area contributed by atoms with Gasteiger partial charge in [0.25, 0.3) is 0 Å². The van der Waals surface area contributed by atoms with Crippen molar-refractivity contribution in [3.63, 3.8) is 0 Å². The van der Waals surface area contributed by atoms with Gasteiger partial charge in [0.2, 0.25) is 0 Å². The summed E-state index contributed by atoms with van der Waals surface area (Å²) in [6.07, 6.45) is 0. The molecule has 1 aromatic carbocycles. The molecule has 0 bridgehead atoms. The SMILES string of the molecule is CCOC(=O)C(C)(C)Oc1ccc(OC)cc1Cl. The van der Waals surface area contributed by atoms with Crippen LogP contribution in [0.3, 0.4) is 0 Å². The highest BCUT2D eigenvalue weighted by atomic mass is 35.5. The van der Waals surface area contributed by atoms with E-state index in [0.29, 0.717) is 23.1 Å². The molecule has 0 aliphatic rings. The van der Waals surface area contributed by atoms with Crippen LogP contribution in [0.25, 0.3) is 0 Å². The highest BCUT2D eigenvalue weighted by Gasteiger charge is 2.32. The maximum atomic E-state index is 11.7. The predicted molar refractivity (Wildman–Crippen MR) is 69.3 cm³/mol. The van der Waals surface area contributed by atoms with Crippen molar-refractivity contribution in [1.29, 1.82) is 0 Å². The molecule has 100 valence electrons. The van der Waals surface area contributed by atoms with Crippen molar-refractivity contribution in [1.82, 2.24) is 0 Å². The maximum Gasteiger partial charge on any atom is 0.349 e. The Bertz CT molecular complexity index is 429. The monoisotopic (exact) mass is 272 g/mol. The number of hydrogen-bond donors (Lipinski definition) is 0. The fourth-order valence-corrected chi connectivity index (χ4v) is 1.52. The quantitative estimate of drug-likeness (QED) is 0.773. The Balaban J connectivity index is 2.87. The Hall–Kier alpha value is -1.42. The van der Waals surface area contributed by atoms with Crippen LogP contribution >= 0.6 is 11.6 Å². The Morgan fingerprint density at radius 3 is 2.56 bits per heavy atom. The van der Waals surface area contributed by atoms with E-state index in [1.807, 2.05) is 0 Å². The molecule has 1 aromatic rings. The van der Waals surface area contributed by atoms with Crippen molar-refractivity contribution >= 4 is 17.6 Å². The third-order valence-electron chi connectivity index (χ3n) is 2.27. The van der Waals surface area contributed by atoms with Crippen LogP contribution in [-0.4, -0.2) is 25.3 Å². The molecule has 0 N–H and O–H groups in total. The van der Waals surface area contributed by atoms with Crippen LogP contribution in [0, 0.1) is 0 Å². The Labute approximate surface area is 112 Å². The molecule has 0 atom stereocenters. The Kier molecular flexibility index (Phi) is 4.84. The largest absolute Gasteiger partial charge is 0.497 e. The van der Waals surface area contributed by atoms with Crippen molar-refractivity contribution in [2.75, 3.05) is 13.7 Å². The van der Waals surface area contributed by atoms with E-state index < -0.39 is 11.6 Å². The van der Waals surface area contributed by atoms with Crippen molar-refractivity contribution < 1.29 is 19.0 Å². The highest BCUT2D eigenvalue weighted by Crippen LogP contribution is 2.31. The van der Waals surface area contributed by atoms with E-state index in [0.717, 1.165) is 0 Å². The summed E-state index contributed by atoms with van der Waals surface area (Å²) in [7, 11) is 1.55. The van der Waals surface area contributed by atoms with E-state index in [2.05, 4.69) is 0 Å². The molecule has 0 heterocycles. The van der Waals surface area contributed by atoms with Gasteiger partial charge < -0.3 is 14.2 Å². The van der Waals surface area contributed by atoms with Crippen molar-refractivity contribution in [3.05, 3.63) is 23.2 Å². The summed E-state index contributed by atoms with van der Waals surface area (Å²) in [5.74, 6) is 0.605. The van der Waals surface area contributed by atoms with E-state index in [4.69, 9.17) is 25.8 Å². The molecule has 5 heteroatoms. The topological polar surface area (TPSA) is 44.8 Å². The number of methoxy groups -OCH3 is 1. The molecular weight excluding hydrogens is 256 g/mol. The van der Waals surface area contributed by atoms with Gasteiger partial charge in [-0.05, 0) is 32.9 Å². The van der Waals surface area contributed by atoms with Gasteiger partial charge in [-0.2, -0.15) is 0 Å². The van der Waals surface area contributed by atoms with E-state index in [1.54, 1.807) is 46.1 Å². The number of rotatable bonds is 5. The fourth-order valence-electron chi connectivity index (χ4n) is 1.31. The van der Waals surface area contributed by atoms with Gasteiger partial charge in [-0.15, -0.1) is 0 Å². The summed E-state index contributed by atoms with van der Waals surface area (Å²) in [5, 5.41) is 0.381. The zero-order chi connectivity index (χ0) is 13.8. The summed E-state index contributed by atoms with van der Waals surface area (Å²) in [5.41, 5.74) is -1.09. The predicted octanol–water partition coefficient (Wildman–Crippen LogP) is 3.07. The standard InChI is InChI=1S/C13H17ClO4/c1-5-17-12(15)13(2,3)18-11-7-6-9(16-4)8-10(11)14/h6-8H,5H2,1-4H3. The number of carbonyl (C=O) groups excluding carboxylic acids is 1. The zero-order valence-electron chi connectivity index (χ0n) is 11.0. The maximum absolute atomic E-state index is 11.7. The third-order valence-corrected chi connectivity index (χ3v) is 2.57. The number of halogens is 1. The van der Waals surface area contributed by atoms with E-state index in [-0.39, 0.29) is 0 Å². The summed E-state index contributed by atoms with van der Waals surface area (Å²) in [6, 6.07) is 4.99. The van der Waals surface area contributed by atoms with Crippen molar-refractivity contribution in [2.24, 2.45) is 0 Å². The van der Waals surface area contributed by atoms with Gasteiger partial charge in [0.15, 0.2) is 5.60 Å². The Morgan fingerprint density at radius 1 is 1.39 bits per heavy atom. The molecule has 1 rings (SSSR count). The molecule has 0 saturated carbocycles. The minimum Gasteiger partial charge on any atom is -0.497 e. The number of benzene rings is 1. The zero-order valence-corrected chi connectivity index (χ0v) is 11.7. The molecule has 0 aliphatic heterocycles. The number of esters is 1. The van der Waals surface area contributed by atoms with Gasteiger partial charge in [0.1, 0.15) is 11.5 Å². The number of carbonyl (C=O) groups is 1. The van der Waals surface area contributed by atoms with Crippen LogP contribution in [0.5, 0.6) is 11.5 Å². The van der Waals surface area contributed by atoms with Gasteiger partial charge in [-0.3, -0.25) is 0 Å². The van der Waals surface area contributed by atoms with Crippen LogP contribution in [0.15, 0.2) is 18.2 Å². The van der Waals surface area contributed by atoms with Gasteiger partial charge in [0.05, 0.1) is 18.7 Å². The molecule has 18 heavy (non-hydrogen) atoms. The smallest absolute Gasteiger partial charge is 0.349 e. The molecule has 0 fully saturated rings. The summed E-state index contributed by atoms with van der Waals surface area (Å²) in [6.45, 7) is 5.31. The molecule has 0 spiro atoms. The second-order valence-corrected chi connectivity index (χ2v) is 4.54. The molecule has 0 aliphatic carbocycles. The minimum absolute atomic E-state index is 0.308. The van der Waals surface area contributed by atoms with Crippen LogP contribution in [-0.2, 0) is 9.53 Å². The normalized spacial score (nSPS) is 10.9. The second kappa shape index (κ2) is 5.96. The van der Waals surface area contributed by atoms with Crippen LogP contribution < -0.4 is 9.47 Å². The first-order chi connectivity index (χ1) is 8.40. The van der Waals surface area contributed by atoms with Gasteiger partial charge in [-0.1, -0.05) is 11.6 Å². The lowest BCUT2D eigenvalue weighted by atomic mass is 10.1. The summed E-state index contributed by atoms with van der Waals surface area (Å²) < 4.78 is 15.6. The molecule has 0 aromatic heterocycles. The van der Waals surface area contributed by atoms with Crippen LogP contribution in [0.2, 0.25) is 5.02 Å². The first-order valence-corrected chi connectivity index (χ1v) is 5.98. The van der Waals surface area contributed by atoms with Crippen molar-refractivity contribution in [2.45, 2.75) is 26.4 Å². The summed E-state index contributed by atoms with van der Waals surface area (Å²) in [4.78, 5) is 11.7. The van der Waals surface area contributed by atoms with E-state index in [9.17, 15) is 4.79 Å². The average molecular weight is 273 g/mol. The molecule has 0 unspecified atom stereocenters. The van der Waals surface area contributed by atoms with Crippen LogP contribution in [0.1, 0.15) is 20.8 Å². The lowest BCUT2D eigenvalue weighted by Crippen LogP contribution is -2.39. The van der Waals surface area contributed by atoms with Gasteiger partial charge >= 0.3 is 5.97 Å². The molecule has 0 radical (unpaired) electrons. The highest BCUT2D eigenvalue weighted by molar-refractivity contribution is 6.32. The number of hydrogen-bond acceptors (Lipinski definition) is 4. The average Bonchev–Trinajstić information content (AvgIpc) is 2.32. The Morgan fingerprint density at radius 2 is 2.06 bits per heavy atom. The lowest BCUT2D eigenvalue weighted by Gasteiger charge is -2.24. The van der Waals surface area contributed by atoms with Gasteiger partial charge in [-0.25, -0.2) is 4.79 Å². The molecular formula is C13H17ClO4. The fraction of sp³-hybridized carbons (Fsp3) is 0.462. The first-order valence-electron chi connectivity index (χ1n) is 5.60. The van der Waals surface area contributed by atoms with Gasteiger partial charge in [0, 0.05) is 6.07 Å². The van der Waals surface area contributed by atoms with Crippen molar-refractivity contribution in [3.8, 4) is 11.5 Å². The second-order valence-electron chi connectivity index (χ2n) is 4.13. The third kappa shape index (κ3) is 3.53. The molecule has 4 nitrogen and oxygen atoms in total. The summed E-state index contributed by atoms with van der Waals surface area (Å²) >= 11 is 6.04. The number of ether oxygens (including phenoxy) is 3. The first kappa shape index (κ1) is 14.6. The molecule has 0 saturated heterocycles. The van der Waals surface area contributed by atoms with E-state index in [1.165, 1.54) is 0 Å². The van der Waals surface area contributed by atoms with Crippen LogP contribution in [0.4, 0.5) is 0 Å². The molecule has 0 amide bonds.